The molecule has 0 atom stereocenters. The smallest absolute Gasteiger partial charge is 0.171 e. The van der Waals surface area contributed by atoms with Crippen LogP contribution < -0.4 is 20.8 Å². The maximum Gasteiger partial charge on any atom is 0.171 e. The van der Waals surface area contributed by atoms with Gasteiger partial charge in [-0.15, -0.1) is 0 Å². The zero-order valence-corrected chi connectivity index (χ0v) is 28.7. The third-order valence-corrected chi connectivity index (χ3v) is 12.8. The van der Waals surface area contributed by atoms with Gasteiger partial charge in [0.2, 0.25) is 0 Å². The lowest BCUT2D eigenvalue weighted by Gasteiger charge is -2.29. The lowest BCUT2D eigenvalue weighted by molar-refractivity contribution is 0.592. The van der Waals surface area contributed by atoms with E-state index in [1.807, 2.05) is 84.9 Å². The molecular formula is C47H33N2OP. The summed E-state index contributed by atoms with van der Waals surface area (Å²) in [6, 6.07) is 68.3. The summed E-state index contributed by atoms with van der Waals surface area (Å²) in [5.41, 5.74) is 5.76. The summed E-state index contributed by atoms with van der Waals surface area (Å²) in [5, 5.41) is 7.48. The third kappa shape index (κ3) is 5.22. The topological polar surface area (TPSA) is 33.2 Å². The molecule has 4 heteroatoms. The highest BCUT2D eigenvalue weighted by molar-refractivity contribution is 7.85. The molecule has 0 spiro atoms. The van der Waals surface area contributed by atoms with Gasteiger partial charge in [-0.25, -0.2) is 4.98 Å². The molecule has 0 saturated carbocycles. The highest BCUT2D eigenvalue weighted by atomic mass is 31.2. The predicted molar refractivity (Wildman–Crippen MR) is 216 cm³/mol. The van der Waals surface area contributed by atoms with Gasteiger partial charge in [0.15, 0.2) is 7.14 Å². The maximum absolute atomic E-state index is 16.2. The Balaban J connectivity index is 1.53. The van der Waals surface area contributed by atoms with Crippen molar-refractivity contribution in [1.82, 2.24) is 4.98 Å². The molecular weight excluding hydrogens is 640 g/mol. The van der Waals surface area contributed by atoms with E-state index in [2.05, 4.69) is 120 Å². The zero-order chi connectivity index (χ0) is 34.2. The fourth-order valence-electron chi connectivity index (χ4n) is 7.41. The van der Waals surface area contributed by atoms with Crippen LogP contribution in [0.5, 0.6) is 0 Å². The zero-order valence-electron chi connectivity index (χ0n) is 27.8. The van der Waals surface area contributed by atoms with Crippen molar-refractivity contribution in [2.24, 2.45) is 0 Å². The van der Waals surface area contributed by atoms with Gasteiger partial charge in [-0.3, -0.25) is 0 Å². The molecule has 51 heavy (non-hydrogen) atoms. The molecule has 3 nitrogen and oxygen atoms in total. The van der Waals surface area contributed by atoms with Crippen LogP contribution in [0.3, 0.4) is 0 Å². The first-order valence-electron chi connectivity index (χ1n) is 17.2. The van der Waals surface area contributed by atoms with Gasteiger partial charge in [-0.1, -0.05) is 164 Å². The molecule has 0 radical (unpaired) electrons. The minimum absolute atomic E-state index is 0.780. The Hall–Kier alpha value is -6.28. The highest BCUT2D eigenvalue weighted by Gasteiger charge is 2.33. The van der Waals surface area contributed by atoms with E-state index in [0.717, 1.165) is 76.7 Å². The Labute approximate surface area is 297 Å². The summed E-state index contributed by atoms with van der Waals surface area (Å²) in [6.45, 7) is 0. The van der Waals surface area contributed by atoms with Crippen molar-refractivity contribution in [1.29, 1.82) is 0 Å². The number of rotatable bonds is 7. The maximum atomic E-state index is 16.2. The Morgan fingerprint density at radius 2 is 0.961 bits per heavy atom. The monoisotopic (exact) mass is 672 g/mol. The number of benzene rings is 8. The van der Waals surface area contributed by atoms with Crippen molar-refractivity contribution in [2.45, 2.75) is 0 Å². The molecule has 0 N–H and O–H groups in total. The van der Waals surface area contributed by atoms with E-state index in [1.165, 1.54) is 0 Å². The van der Waals surface area contributed by atoms with Crippen LogP contribution in [0.15, 0.2) is 200 Å². The molecule has 0 unspecified atom stereocenters. The van der Waals surface area contributed by atoms with Gasteiger partial charge >= 0.3 is 0 Å². The van der Waals surface area contributed by atoms with Crippen molar-refractivity contribution in [3.05, 3.63) is 200 Å². The molecule has 0 bridgehead atoms. The fourth-order valence-corrected chi connectivity index (χ4v) is 10.3. The van der Waals surface area contributed by atoms with Crippen molar-refractivity contribution >= 4 is 72.6 Å². The van der Waals surface area contributed by atoms with Crippen LogP contribution in [0.1, 0.15) is 0 Å². The molecule has 242 valence electrons. The quantitative estimate of drug-likeness (QED) is 0.125. The average Bonchev–Trinajstić information content (AvgIpc) is 3.21. The van der Waals surface area contributed by atoms with Gasteiger partial charge in [-0.2, -0.15) is 0 Å². The van der Waals surface area contributed by atoms with E-state index < -0.39 is 7.14 Å². The SMILES string of the molecule is O=P(c1ccccc1)(c1ccccc1)c1cccc2nc(-c3ccccc3)c3c(N(c4ccccc4)c4ccccc4)cc4ccccc4c3c12. The largest absolute Gasteiger partial charge is 0.310 e. The summed E-state index contributed by atoms with van der Waals surface area (Å²) in [4.78, 5) is 7.85. The number of hydrogen-bond acceptors (Lipinski definition) is 3. The standard InChI is InChI=1S/C47H33N2OP/c50-51(38-26-12-4-13-27-38,39-28-14-5-15-29-39)43-32-18-31-41-45(43)44-40-30-17-16-21-35(40)33-42(46(44)47(48-41)34-19-6-1-7-20-34)49(36-22-8-2-9-23-36)37-24-10-3-11-25-37/h1-33H. The minimum atomic E-state index is -3.40. The van der Waals surface area contributed by atoms with Crippen LogP contribution in [0.25, 0.3) is 43.7 Å². The number of aromatic nitrogens is 1. The summed E-state index contributed by atoms with van der Waals surface area (Å²) < 4.78 is 16.2. The molecule has 9 aromatic rings. The van der Waals surface area contributed by atoms with E-state index in [1.54, 1.807) is 0 Å². The average molecular weight is 673 g/mol. The molecule has 0 aliphatic rings. The van der Waals surface area contributed by atoms with Crippen LogP contribution in [0, 0.1) is 0 Å². The molecule has 8 aromatic carbocycles. The normalized spacial score (nSPS) is 11.6. The van der Waals surface area contributed by atoms with Crippen molar-refractivity contribution in [3.8, 4) is 11.3 Å². The Morgan fingerprint density at radius 1 is 0.451 bits per heavy atom. The number of para-hydroxylation sites is 2. The number of nitrogens with zero attached hydrogens (tertiary/aromatic N) is 2. The summed E-state index contributed by atoms with van der Waals surface area (Å²) in [5.74, 6) is 0. The van der Waals surface area contributed by atoms with Crippen LogP contribution in [0.2, 0.25) is 0 Å². The van der Waals surface area contributed by atoms with Crippen molar-refractivity contribution in [2.75, 3.05) is 4.90 Å². The first-order valence-corrected chi connectivity index (χ1v) is 18.9. The molecule has 0 aliphatic carbocycles. The van der Waals surface area contributed by atoms with Gasteiger partial charge in [-0.05, 0) is 47.2 Å². The molecule has 0 aliphatic heterocycles. The van der Waals surface area contributed by atoms with Gasteiger partial charge in [0, 0.05) is 49.0 Å². The fraction of sp³-hybridized carbons (Fsp3) is 0. The Morgan fingerprint density at radius 3 is 1.55 bits per heavy atom. The Bertz CT molecular complexity index is 2620. The van der Waals surface area contributed by atoms with Gasteiger partial charge in [0.05, 0.1) is 16.9 Å². The third-order valence-electron chi connectivity index (χ3n) is 9.66. The second-order valence-corrected chi connectivity index (χ2v) is 15.4. The van der Waals surface area contributed by atoms with E-state index in [0.29, 0.717) is 0 Å². The molecule has 9 rings (SSSR count). The predicted octanol–water partition coefficient (Wildman–Crippen LogP) is 11.3. The lowest BCUT2D eigenvalue weighted by atomic mass is 9.93. The minimum Gasteiger partial charge on any atom is -0.310 e. The molecule has 0 amide bonds. The van der Waals surface area contributed by atoms with Crippen LogP contribution in [0.4, 0.5) is 17.1 Å². The van der Waals surface area contributed by atoms with E-state index >= 15 is 4.57 Å². The highest BCUT2D eigenvalue weighted by Crippen LogP contribution is 2.50. The second kappa shape index (κ2) is 12.9. The lowest BCUT2D eigenvalue weighted by Crippen LogP contribution is -2.25. The van der Waals surface area contributed by atoms with Crippen LogP contribution in [-0.4, -0.2) is 4.98 Å². The summed E-state index contributed by atoms with van der Waals surface area (Å²) in [7, 11) is -3.40. The van der Waals surface area contributed by atoms with E-state index in [-0.39, 0.29) is 0 Å². The molecule has 1 heterocycles. The van der Waals surface area contributed by atoms with Gasteiger partial charge in [0.1, 0.15) is 0 Å². The summed E-state index contributed by atoms with van der Waals surface area (Å²) >= 11 is 0. The first kappa shape index (κ1) is 30.8. The number of fused-ring (bicyclic) bond motifs is 5. The van der Waals surface area contributed by atoms with Gasteiger partial charge < -0.3 is 9.46 Å². The van der Waals surface area contributed by atoms with Crippen molar-refractivity contribution in [3.63, 3.8) is 0 Å². The van der Waals surface area contributed by atoms with E-state index in [4.69, 9.17) is 4.98 Å². The van der Waals surface area contributed by atoms with Crippen molar-refractivity contribution < 1.29 is 4.57 Å². The van der Waals surface area contributed by atoms with Crippen LogP contribution >= 0.6 is 7.14 Å². The molecule has 0 saturated heterocycles. The van der Waals surface area contributed by atoms with Crippen LogP contribution in [-0.2, 0) is 4.57 Å². The number of anilines is 3. The first-order chi connectivity index (χ1) is 25.2. The van der Waals surface area contributed by atoms with E-state index in [9.17, 15) is 0 Å². The molecule has 1 aromatic heterocycles. The van der Waals surface area contributed by atoms with Gasteiger partial charge in [0.25, 0.3) is 0 Å². The number of hydrogen-bond donors (Lipinski definition) is 0. The summed E-state index contributed by atoms with van der Waals surface area (Å²) in [6.07, 6.45) is 0. The second-order valence-electron chi connectivity index (χ2n) is 12.7. The number of pyridine rings is 1. The molecule has 0 fully saturated rings. The Kier molecular flexibility index (Phi) is 7.76.